The molecule has 0 fully saturated rings. The Balaban J connectivity index is 1.86. The monoisotopic (exact) mass is 322 g/mol. The highest BCUT2D eigenvalue weighted by molar-refractivity contribution is 5.88. The summed E-state index contributed by atoms with van der Waals surface area (Å²) in [6, 6.07) is 8.90. The van der Waals surface area contributed by atoms with Crippen molar-refractivity contribution in [1.82, 2.24) is 15.0 Å². The maximum Gasteiger partial charge on any atom is 0.337 e. The fourth-order valence-electron chi connectivity index (χ4n) is 2.08. The largest absolute Gasteiger partial charge is 0.497 e. The minimum Gasteiger partial charge on any atom is -0.497 e. The predicted octanol–water partition coefficient (Wildman–Crippen LogP) is 2.99. The number of carbonyl (C=O) groups is 1. The third-order valence-electron chi connectivity index (χ3n) is 3.28. The first kappa shape index (κ1) is 15.4. The number of aromatic nitrogens is 3. The fraction of sp³-hybridized carbons (Fsp3) is 0.0588. The lowest BCUT2D eigenvalue weighted by atomic mass is 10.1. The van der Waals surface area contributed by atoms with Gasteiger partial charge < -0.3 is 15.2 Å². The molecule has 7 heteroatoms. The summed E-state index contributed by atoms with van der Waals surface area (Å²) in [5.41, 5.74) is 2.05. The number of rotatable bonds is 5. The van der Waals surface area contributed by atoms with Gasteiger partial charge in [-0.2, -0.15) is 0 Å². The minimum atomic E-state index is -1.04. The highest BCUT2D eigenvalue weighted by atomic mass is 16.5. The lowest BCUT2D eigenvalue weighted by Gasteiger charge is -2.08. The second kappa shape index (κ2) is 6.74. The standard InChI is InChI=1S/C17H14N4O3/c1-24-14-4-2-13(3-5-14)20-16-10-19-9-15(21-16)11-6-12(17(22)23)8-18-7-11/h2-10H,1H3,(H,20,21)(H,22,23). The van der Waals surface area contributed by atoms with E-state index in [4.69, 9.17) is 9.84 Å². The topological polar surface area (TPSA) is 97.2 Å². The van der Waals surface area contributed by atoms with Gasteiger partial charge in [0, 0.05) is 23.6 Å². The van der Waals surface area contributed by atoms with E-state index in [-0.39, 0.29) is 5.56 Å². The van der Waals surface area contributed by atoms with E-state index in [1.54, 1.807) is 25.7 Å². The number of carboxylic acid groups (broad SMARTS) is 1. The van der Waals surface area contributed by atoms with Crippen molar-refractivity contribution < 1.29 is 14.6 Å². The average Bonchev–Trinajstić information content (AvgIpc) is 2.63. The van der Waals surface area contributed by atoms with Gasteiger partial charge in [0.1, 0.15) is 11.6 Å². The molecular formula is C17H14N4O3. The zero-order valence-corrected chi connectivity index (χ0v) is 12.8. The van der Waals surface area contributed by atoms with Crippen molar-refractivity contribution in [3.8, 4) is 17.0 Å². The molecule has 0 bridgehead atoms. The zero-order valence-electron chi connectivity index (χ0n) is 12.8. The molecule has 2 aromatic heterocycles. The molecular weight excluding hydrogens is 308 g/mol. The second-order valence-electron chi connectivity index (χ2n) is 4.91. The number of methoxy groups -OCH3 is 1. The Morgan fingerprint density at radius 3 is 2.54 bits per heavy atom. The highest BCUT2D eigenvalue weighted by Crippen LogP contribution is 2.21. The van der Waals surface area contributed by atoms with Crippen LogP contribution >= 0.6 is 0 Å². The first-order valence-electron chi connectivity index (χ1n) is 7.07. The van der Waals surface area contributed by atoms with E-state index < -0.39 is 5.97 Å². The molecule has 2 heterocycles. The van der Waals surface area contributed by atoms with Crippen molar-refractivity contribution >= 4 is 17.5 Å². The van der Waals surface area contributed by atoms with Crippen LogP contribution in [0.5, 0.6) is 5.75 Å². The van der Waals surface area contributed by atoms with E-state index in [1.165, 1.54) is 12.3 Å². The molecule has 7 nitrogen and oxygen atoms in total. The van der Waals surface area contributed by atoms with Crippen molar-refractivity contribution in [3.63, 3.8) is 0 Å². The summed E-state index contributed by atoms with van der Waals surface area (Å²) in [7, 11) is 1.61. The van der Waals surface area contributed by atoms with Crippen molar-refractivity contribution in [2.75, 3.05) is 12.4 Å². The van der Waals surface area contributed by atoms with Gasteiger partial charge in [-0.1, -0.05) is 0 Å². The van der Waals surface area contributed by atoms with E-state index in [1.807, 2.05) is 24.3 Å². The minimum absolute atomic E-state index is 0.0998. The molecule has 0 radical (unpaired) electrons. The number of carboxylic acids is 1. The van der Waals surface area contributed by atoms with Crippen LogP contribution in [0.1, 0.15) is 10.4 Å². The van der Waals surface area contributed by atoms with Crippen LogP contribution in [0.15, 0.2) is 55.1 Å². The van der Waals surface area contributed by atoms with Gasteiger partial charge in [0.15, 0.2) is 0 Å². The van der Waals surface area contributed by atoms with Crippen LogP contribution in [0.2, 0.25) is 0 Å². The number of ether oxygens (including phenoxy) is 1. The van der Waals surface area contributed by atoms with Crippen molar-refractivity contribution in [2.24, 2.45) is 0 Å². The Morgan fingerprint density at radius 2 is 1.83 bits per heavy atom. The van der Waals surface area contributed by atoms with Crippen LogP contribution in [0.3, 0.4) is 0 Å². The lowest BCUT2D eigenvalue weighted by Crippen LogP contribution is -1.99. The van der Waals surface area contributed by atoms with Gasteiger partial charge in [0.05, 0.1) is 30.8 Å². The predicted molar refractivity (Wildman–Crippen MR) is 88.5 cm³/mol. The van der Waals surface area contributed by atoms with Crippen LogP contribution in [0.25, 0.3) is 11.3 Å². The van der Waals surface area contributed by atoms with Crippen molar-refractivity contribution in [3.05, 3.63) is 60.7 Å². The first-order valence-corrected chi connectivity index (χ1v) is 7.07. The van der Waals surface area contributed by atoms with Gasteiger partial charge in [-0.15, -0.1) is 0 Å². The van der Waals surface area contributed by atoms with E-state index in [0.29, 0.717) is 17.1 Å². The summed E-state index contributed by atoms with van der Waals surface area (Å²) in [5.74, 6) is 0.264. The smallest absolute Gasteiger partial charge is 0.337 e. The molecule has 120 valence electrons. The summed E-state index contributed by atoms with van der Waals surface area (Å²) in [4.78, 5) is 23.6. The molecule has 0 saturated heterocycles. The van der Waals surface area contributed by atoms with Crippen LogP contribution in [0, 0.1) is 0 Å². The lowest BCUT2D eigenvalue weighted by molar-refractivity contribution is 0.0696. The quantitative estimate of drug-likeness (QED) is 0.745. The molecule has 0 aliphatic heterocycles. The Bertz CT molecular complexity index is 866. The number of nitrogens with zero attached hydrogens (tertiary/aromatic N) is 3. The summed E-state index contributed by atoms with van der Waals surface area (Å²) >= 11 is 0. The molecule has 0 aliphatic rings. The number of nitrogens with one attached hydrogen (secondary N) is 1. The zero-order chi connectivity index (χ0) is 16.9. The molecule has 2 N–H and O–H groups in total. The van der Waals surface area contributed by atoms with Gasteiger partial charge in [0.2, 0.25) is 0 Å². The molecule has 0 amide bonds. The number of hydrogen-bond acceptors (Lipinski definition) is 6. The van der Waals surface area contributed by atoms with E-state index >= 15 is 0 Å². The maximum atomic E-state index is 11.0. The molecule has 3 rings (SSSR count). The van der Waals surface area contributed by atoms with E-state index in [2.05, 4.69) is 20.3 Å². The number of benzene rings is 1. The highest BCUT2D eigenvalue weighted by Gasteiger charge is 2.08. The van der Waals surface area contributed by atoms with Gasteiger partial charge in [-0.05, 0) is 30.3 Å². The molecule has 0 spiro atoms. The number of anilines is 2. The Kier molecular flexibility index (Phi) is 4.33. The molecule has 24 heavy (non-hydrogen) atoms. The first-order chi connectivity index (χ1) is 11.7. The summed E-state index contributed by atoms with van der Waals surface area (Å²) in [6.07, 6.45) is 5.98. The van der Waals surface area contributed by atoms with E-state index in [9.17, 15) is 4.79 Å². The average molecular weight is 322 g/mol. The molecule has 0 unspecified atom stereocenters. The third kappa shape index (κ3) is 3.46. The van der Waals surface area contributed by atoms with Gasteiger partial charge in [-0.3, -0.25) is 9.97 Å². The fourth-order valence-corrected chi connectivity index (χ4v) is 2.08. The summed E-state index contributed by atoms with van der Waals surface area (Å²) < 4.78 is 5.12. The van der Waals surface area contributed by atoms with Gasteiger partial charge in [-0.25, -0.2) is 9.78 Å². The van der Waals surface area contributed by atoms with Crippen LogP contribution in [-0.2, 0) is 0 Å². The van der Waals surface area contributed by atoms with Crippen LogP contribution in [-0.4, -0.2) is 33.1 Å². The third-order valence-corrected chi connectivity index (χ3v) is 3.28. The van der Waals surface area contributed by atoms with Crippen molar-refractivity contribution in [1.29, 1.82) is 0 Å². The molecule has 0 atom stereocenters. The van der Waals surface area contributed by atoms with Gasteiger partial charge >= 0.3 is 5.97 Å². The molecule has 0 aliphatic carbocycles. The van der Waals surface area contributed by atoms with Crippen molar-refractivity contribution in [2.45, 2.75) is 0 Å². The Morgan fingerprint density at radius 1 is 1.08 bits per heavy atom. The van der Waals surface area contributed by atoms with Gasteiger partial charge in [0.25, 0.3) is 0 Å². The maximum absolute atomic E-state index is 11.0. The van der Waals surface area contributed by atoms with E-state index in [0.717, 1.165) is 11.4 Å². The summed E-state index contributed by atoms with van der Waals surface area (Å²) in [5, 5.41) is 12.2. The SMILES string of the molecule is COc1ccc(Nc2cncc(-c3cncc(C(=O)O)c3)n2)cc1. The molecule has 3 aromatic rings. The molecule has 1 aromatic carbocycles. The Labute approximate surface area is 138 Å². The van der Waals surface area contributed by atoms with Crippen LogP contribution < -0.4 is 10.1 Å². The molecule has 0 saturated carbocycles. The Hall–Kier alpha value is -3.48. The second-order valence-corrected chi connectivity index (χ2v) is 4.91. The number of pyridine rings is 1. The summed E-state index contributed by atoms with van der Waals surface area (Å²) in [6.45, 7) is 0. The normalized spacial score (nSPS) is 10.2. The number of hydrogen-bond donors (Lipinski definition) is 2. The van der Waals surface area contributed by atoms with Crippen LogP contribution in [0.4, 0.5) is 11.5 Å². The number of aromatic carboxylic acids is 1.